The minimum Gasteiger partial charge on any atom is -0.355 e. The molecule has 0 radical (unpaired) electrons. The van der Waals surface area contributed by atoms with Gasteiger partial charge in [0.05, 0.1) is 5.75 Å². The van der Waals surface area contributed by atoms with Crippen molar-refractivity contribution < 1.29 is 9.32 Å². The lowest BCUT2D eigenvalue weighted by atomic mass is 10.1. The number of rotatable bonds is 5. The fourth-order valence-electron chi connectivity index (χ4n) is 1.70. The maximum Gasteiger partial charge on any atom is 0.279 e. The van der Waals surface area contributed by atoms with Gasteiger partial charge in [-0.25, -0.2) is 0 Å². The summed E-state index contributed by atoms with van der Waals surface area (Å²) in [5, 5.41) is 14.6. The third kappa shape index (κ3) is 3.77. The average molecular weight is 342 g/mol. The van der Waals surface area contributed by atoms with Gasteiger partial charge in [0.2, 0.25) is 5.13 Å². The molecule has 2 aromatic heterocycles. The van der Waals surface area contributed by atoms with Crippen LogP contribution in [0.5, 0.6) is 0 Å². The Morgan fingerprint density at radius 2 is 2.17 bits per heavy atom. The molecule has 3 aromatic rings. The molecule has 1 N–H and O–H groups in total. The fraction of sp³-hybridized carbons (Fsp3) is 0.0667. The molecule has 23 heavy (non-hydrogen) atoms. The standard InChI is InChI=1S/C15H10N4O2S2/c1-2-8-22-15-18-17-14(23-15)16-13(20)11-9-12(21-19-11)10-6-4-3-5-7-10/h1,3-7,9H,8H2,(H,16,17,20). The van der Waals surface area contributed by atoms with Gasteiger partial charge in [0.1, 0.15) is 0 Å². The van der Waals surface area contributed by atoms with Gasteiger partial charge in [-0.15, -0.1) is 16.6 Å². The third-order valence-corrected chi connectivity index (χ3v) is 4.58. The van der Waals surface area contributed by atoms with Crippen LogP contribution < -0.4 is 5.32 Å². The fourth-order valence-corrected chi connectivity index (χ4v) is 3.13. The summed E-state index contributed by atoms with van der Waals surface area (Å²) in [6, 6.07) is 11.0. The molecule has 1 amide bonds. The van der Waals surface area contributed by atoms with Crippen molar-refractivity contribution in [3.63, 3.8) is 0 Å². The summed E-state index contributed by atoms with van der Waals surface area (Å²) in [7, 11) is 0. The quantitative estimate of drug-likeness (QED) is 0.436. The van der Waals surface area contributed by atoms with Crippen molar-refractivity contribution in [1.82, 2.24) is 15.4 Å². The van der Waals surface area contributed by atoms with Crippen LogP contribution in [0.15, 0.2) is 45.3 Å². The molecule has 0 aliphatic rings. The van der Waals surface area contributed by atoms with Crippen LogP contribution in [0.25, 0.3) is 11.3 Å². The summed E-state index contributed by atoms with van der Waals surface area (Å²) in [4.78, 5) is 12.1. The smallest absolute Gasteiger partial charge is 0.279 e. The number of benzene rings is 1. The largest absolute Gasteiger partial charge is 0.355 e. The predicted octanol–water partition coefficient (Wildman–Crippen LogP) is 3.17. The Morgan fingerprint density at radius 3 is 2.96 bits per heavy atom. The van der Waals surface area contributed by atoms with Gasteiger partial charge < -0.3 is 4.52 Å². The number of aromatic nitrogens is 3. The number of nitrogens with zero attached hydrogens (tertiary/aromatic N) is 3. The molecule has 0 saturated carbocycles. The van der Waals surface area contributed by atoms with E-state index in [2.05, 4.69) is 26.6 Å². The lowest BCUT2D eigenvalue weighted by molar-refractivity contribution is 0.101. The second-order valence-electron chi connectivity index (χ2n) is 4.26. The number of carbonyl (C=O) groups excluding carboxylic acids is 1. The van der Waals surface area contributed by atoms with E-state index in [1.165, 1.54) is 23.1 Å². The zero-order chi connectivity index (χ0) is 16.1. The van der Waals surface area contributed by atoms with Gasteiger partial charge in [-0.3, -0.25) is 10.1 Å². The zero-order valence-electron chi connectivity index (χ0n) is 11.7. The van der Waals surface area contributed by atoms with Gasteiger partial charge in [-0.2, -0.15) is 0 Å². The number of terminal acetylenes is 1. The molecule has 6 nitrogen and oxygen atoms in total. The molecule has 114 valence electrons. The molecule has 3 rings (SSSR count). The van der Waals surface area contributed by atoms with E-state index in [0.717, 1.165) is 5.56 Å². The number of amides is 1. The lowest BCUT2D eigenvalue weighted by Gasteiger charge is -1.94. The molecule has 0 atom stereocenters. The van der Waals surface area contributed by atoms with E-state index >= 15 is 0 Å². The summed E-state index contributed by atoms with van der Waals surface area (Å²) in [6.07, 6.45) is 5.19. The number of hydrogen-bond acceptors (Lipinski definition) is 7. The van der Waals surface area contributed by atoms with E-state index in [0.29, 0.717) is 21.0 Å². The summed E-state index contributed by atoms with van der Waals surface area (Å²) in [5.41, 5.74) is 1.03. The number of hydrogen-bond donors (Lipinski definition) is 1. The van der Waals surface area contributed by atoms with Gasteiger partial charge in [0.15, 0.2) is 15.8 Å². The first-order chi connectivity index (χ1) is 11.3. The highest BCUT2D eigenvalue weighted by Gasteiger charge is 2.15. The third-order valence-electron chi connectivity index (χ3n) is 2.71. The second kappa shape index (κ2) is 7.09. The van der Waals surface area contributed by atoms with Gasteiger partial charge in [0, 0.05) is 11.6 Å². The molecule has 0 fully saturated rings. The molecule has 0 bridgehead atoms. The highest BCUT2D eigenvalue weighted by molar-refractivity contribution is 8.01. The minimum absolute atomic E-state index is 0.178. The maximum atomic E-state index is 12.1. The number of nitrogens with one attached hydrogen (secondary N) is 1. The Morgan fingerprint density at radius 1 is 1.35 bits per heavy atom. The van der Waals surface area contributed by atoms with Crippen LogP contribution in [0.2, 0.25) is 0 Å². The summed E-state index contributed by atoms with van der Waals surface area (Å²) in [6.45, 7) is 0. The van der Waals surface area contributed by atoms with Gasteiger partial charge in [-0.1, -0.05) is 64.5 Å². The van der Waals surface area contributed by atoms with Crippen LogP contribution in [0, 0.1) is 12.3 Å². The van der Waals surface area contributed by atoms with Crippen molar-refractivity contribution in [2.45, 2.75) is 4.34 Å². The highest BCUT2D eigenvalue weighted by Crippen LogP contribution is 2.26. The molecular weight excluding hydrogens is 332 g/mol. The SMILES string of the molecule is C#CCSc1nnc(NC(=O)c2cc(-c3ccccc3)on2)s1. The van der Waals surface area contributed by atoms with E-state index in [9.17, 15) is 4.79 Å². The highest BCUT2D eigenvalue weighted by atomic mass is 32.2. The molecule has 8 heteroatoms. The van der Waals surface area contributed by atoms with Crippen molar-refractivity contribution in [3.8, 4) is 23.7 Å². The van der Waals surface area contributed by atoms with Crippen molar-refractivity contribution in [3.05, 3.63) is 42.1 Å². The first-order valence-corrected chi connectivity index (χ1v) is 8.30. The molecule has 0 spiro atoms. The molecule has 2 heterocycles. The Balaban J connectivity index is 1.68. The van der Waals surface area contributed by atoms with Gasteiger partial charge in [0.25, 0.3) is 5.91 Å². The Labute approximate surface area is 140 Å². The van der Waals surface area contributed by atoms with Gasteiger partial charge >= 0.3 is 0 Å². The van der Waals surface area contributed by atoms with Crippen molar-refractivity contribution in [2.75, 3.05) is 11.1 Å². The lowest BCUT2D eigenvalue weighted by Crippen LogP contribution is -2.11. The Hall–Kier alpha value is -2.63. The predicted molar refractivity (Wildman–Crippen MR) is 89.4 cm³/mol. The zero-order valence-corrected chi connectivity index (χ0v) is 13.4. The topological polar surface area (TPSA) is 80.9 Å². The number of carbonyl (C=O) groups is 1. The van der Waals surface area contributed by atoms with Crippen molar-refractivity contribution in [2.24, 2.45) is 0 Å². The Bertz CT molecular complexity index is 852. The first kappa shape index (κ1) is 15.3. The van der Waals surface area contributed by atoms with Crippen LogP contribution in [-0.4, -0.2) is 27.0 Å². The van der Waals surface area contributed by atoms with Crippen LogP contribution >= 0.6 is 23.1 Å². The van der Waals surface area contributed by atoms with Crippen molar-refractivity contribution >= 4 is 34.1 Å². The summed E-state index contributed by atoms with van der Waals surface area (Å²) < 4.78 is 5.90. The molecule has 0 aliphatic heterocycles. The van der Waals surface area contributed by atoms with E-state index in [-0.39, 0.29) is 5.69 Å². The maximum absolute atomic E-state index is 12.1. The molecule has 0 unspecified atom stereocenters. The minimum atomic E-state index is -0.402. The number of thioether (sulfide) groups is 1. The van der Waals surface area contributed by atoms with E-state index in [1.807, 2.05) is 30.3 Å². The van der Waals surface area contributed by atoms with Crippen LogP contribution in [0.3, 0.4) is 0 Å². The Kier molecular flexibility index (Phi) is 4.71. The monoisotopic (exact) mass is 342 g/mol. The summed E-state index contributed by atoms with van der Waals surface area (Å²) in [5.74, 6) is 3.13. The van der Waals surface area contributed by atoms with E-state index in [4.69, 9.17) is 10.9 Å². The first-order valence-electron chi connectivity index (χ1n) is 6.49. The average Bonchev–Trinajstić information content (AvgIpc) is 3.23. The molecule has 0 saturated heterocycles. The molecule has 1 aromatic carbocycles. The summed E-state index contributed by atoms with van der Waals surface area (Å²) >= 11 is 2.64. The van der Waals surface area contributed by atoms with Crippen LogP contribution in [-0.2, 0) is 0 Å². The second-order valence-corrected chi connectivity index (χ2v) is 6.46. The normalized spacial score (nSPS) is 10.2. The van der Waals surface area contributed by atoms with Gasteiger partial charge in [-0.05, 0) is 0 Å². The van der Waals surface area contributed by atoms with E-state index in [1.54, 1.807) is 6.07 Å². The van der Waals surface area contributed by atoms with Crippen LogP contribution in [0.4, 0.5) is 5.13 Å². The molecule has 0 aliphatic carbocycles. The van der Waals surface area contributed by atoms with Crippen molar-refractivity contribution in [1.29, 1.82) is 0 Å². The number of anilines is 1. The van der Waals surface area contributed by atoms with Crippen LogP contribution in [0.1, 0.15) is 10.5 Å². The van der Waals surface area contributed by atoms with E-state index < -0.39 is 5.91 Å². The molecular formula is C15H10N4O2S2.